The van der Waals surface area contributed by atoms with Crippen LogP contribution in [0.4, 0.5) is 0 Å². The molecule has 0 spiro atoms. The first-order valence-corrected chi connectivity index (χ1v) is 7.24. The quantitative estimate of drug-likeness (QED) is 0.791. The molecule has 1 aliphatic carbocycles. The number of nitrogens with zero attached hydrogens (tertiary/aromatic N) is 1. The molecule has 2 heteroatoms. The van der Waals surface area contributed by atoms with Crippen molar-refractivity contribution in [1.29, 1.82) is 0 Å². The molecule has 18 heavy (non-hydrogen) atoms. The van der Waals surface area contributed by atoms with Crippen molar-refractivity contribution in [3.8, 4) is 0 Å². The monoisotopic (exact) mass is 244 g/mol. The highest BCUT2D eigenvalue weighted by atomic mass is 14.9. The second kappa shape index (κ2) is 7.32. The Labute approximate surface area is 111 Å². The molecule has 2 nitrogen and oxygen atoms in total. The predicted molar refractivity (Wildman–Crippen MR) is 76.4 cm³/mol. The Morgan fingerprint density at radius 2 is 2.28 bits per heavy atom. The van der Waals surface area contributed by atoms with Crippen molar-refractivity contribution in [1.82, 2.24) is 10.3 Å². The van der Waals surface area contributed by atoms with Gasteiger partial charge in [0.05, 0.1) is 6.04 Å². The van der Waals surface area contributed by atoms with Gasteiger partial charge in [0.15, 0.2) is 0 Å². The van der Waals surface area contributed by atoms with Gasteiger partial charge in [-0.1, -0.05) is 31.1 Å². The Morgan fingerprint density at radius 1 is 1.33 bits per heavy atom. The van der Waals surface area contributed by atoms with Crippen molar-refractivity contribution in [2.24, 2.45) is 0 Å². The summed E-state index contributed by atoms with van der Waals surface area (Å²) in [5.41, 5.74) is 2.87. The zero-order valence-corrected chi connectivity index (χ0v) is 11.4. The number of pyridine rings is 1. The maximum Gasteiger partial charge on any atom is 0.0551 e. The second-order valence-corrected chi connectivity index (χ2v) is 5.05. The first-order chi connectivity index (χ1) is 8.92. The minimum atomic E-state index is 0.372. The summed E-state index contributed by atoms with van der Waals surface area (Å²) in [6, 6.07) is 4.59. The molecule has 98 valence electrons. The molecular weight excluding hydrogens is 220 g/mol. The van der Waals surface area contributed by atoms with E-state index >= 15 is 0 Å². The van der Waals surface area contributed by atoms with Gasteiger partial charge < -0.3 is 5.32 Å². The van der Waals surface area contributed by atoms with Crippen LogP contribution in [0.3, 0.4) is 0 Å². The summed E-state index contributed by atoms with van der Waals surface area (Å²) in [5, 5.41) is 3.67. The van der Waals surface area contributed by atoms with Crippen LogP contribution in [0.2, 0.25) is 0 Å². The van der Waals surface area contributed by atoms with Gasteiger partial charge in [0.2, 0.25) is 0 Å². The maximum atomic E-state index is 4.26. The van der Waals surface area contributed by atoms with Gasteiger partial charge in [0, 0.05) is 12.4 Å². The molecule has 1 heterocycles. The molecule has 2 rings (SSSR count). The summed E-state index contributed by atoms with van der Waals surface area (Å²) in [6.07, 6.45) is 14.0. The van der Waals surface area contributed by atoms with Crippen LogP contribution in [0.1, 0.15) is 57.1 Å². The van der Waals surface area contributed by atoms with E-state index in [1.54, 1.807) is 5.57 Å². The molecular formula is C16H24N2. The van der Waals surface area contributed by atoms with Crippen molar-refractivity contribution >= 4 is 0 Å². The number of allylic oxidation sites excluding steroid dienone is 1. The SMILES string of the molecule is CCCNC(C1=CCCCCC1)c1cccnc1. The smallest absolute Gasteiger partial charge is 0.0551 e. The van der Waals surface area contributed by atoms with Crippen molar-refractivity contribution in [3.63, 3.8) is 0 Å². The van der Waals surface area contributed by atoms with E-state index in [0.717, 1.165) is 6.54 Å². The lowest BCUT2D eigenvalue weighted by Crippen LogP contribution is -2.24. The lowest BCUT2D eigenvalue weighted by Gasteiger charge is -2.21. The molecule has 1 atom stereocenters. The zero-order valence-electron chi connectivity index (χ0n) is 11.4. The summed E-state index contributed by atoms with van der Waals surface area (Å²) in [4.78, 5) is 4.26. The lowest BCUT2D eigenvalue weighted by atomic mass is 9.96. The first kappa shape index (κ1) is 13.3. The molecule has 0 radical (unpaired) electrons. The normalized spacial score (nSPS) is 17.9. The van der Waals surface area contributed by atoms with Gasteiger partial charge in [-0.2, -0.15) is 0 Å². The van der Waals surface area contributed by atoms with Crippen molar-refractivity contribution < 1.29 is 0 Å². The van der Waals surface area contributed by atoms with E-state index in [1.807, 2.05) is 18.5 Å². The largest absolute Gasteiger partial charge is 0.306 e. The van der Waals surface area contributed by atoms with Crippen LogP contribution >= 0.6 is 0 Å². The fraction of sp³-hybridized carbons (Fsp3) is 0.562. The maximum absolute atomic E-state index is 4.26. The topological polar surface area (TPSA) is 24.9 Å². The van der Waals surface area contributed by atoms with Gasteiger partial charge in [0.25, 0.3) is 0 Å². The molecule has 0 bridgehead atoms. The van der Waals surface area contributed by atoms with E-state index in [2.05, 4.69) is 29.4 Å². The zero-order chi connectivity index (χ0) is 12.6. The van der Waals surface area contributed by atoms with Gasteiger partial charge in [-0.25, -0.2) is 0 Å². The molecule has 1 N–H and O–H groups in total. The first-order valence-electron chi connectivity index (χ1n) is 7.24. The van der Waals surface area contributed by atoms with Crippen LogP contribution in [0.5, 0.6) is 0 Å². The summed E-state index contributed by atoms with van der Waals surface area (Å²) < 4.78 is 0. The Bertz CT molecular complexity index is 370. The average molecular weight is 244 g/mol. The molecule has 1 aromatic rings. The third kappa shape index (κ3) is 3.67. The average Bonchev–Trinajstić information content (AvgIpc) is 2.70. The van der Waals surface area contributed by atoms with E-state index in [1.165, 1.54) is 44.1 Å². The molecule has 0 saturated carbocycles. The highest BCUT2D eigenvalue weighted by Crippen LogP contribution is 2.28. The van der Waals surface area contributed by atoms with Crippen LogP contribution in [0.15, 0.2) is 36.2 Å². The number of hydrogen-bond acceptors (Lipinski definition) is 2. The van der Waals surface area contributed by atoms with Gasteiger partial charge >= 0.3 is 0 Å². The molecule has 0 saturated heterocycles. The van der Waals surface area contributed by atoms with Crippen LogP contribution in [0, 0.1) is 0 Å². The van der Waals surface area contributed by atoms with Crippen LogP contribution in [0.25, 0.3) is 0 Å². The second-order valence-electron chi connectivity index (χ2n) is 5.05. The summed E-state index contributed by atoms with van der Waals surface area (Å²) in [5.74, 6) is 0. The molecule has 1 unspecified atom stereocenters. The summed E-state index contributed by atoms with van der Waals surface area (Å²) in [6.45, 7) is 3.28. The van der Waals surface area contributed by atoms with Crippen LogP contribution in [-0.4, -0.2) is 11.5 Å². The molecule has 0 aliphatic heterocycles. The molecule has 0 amide bonds. The molecule has 0 fully saturated rings. The van der Waals surface area contributed by atoms with E-state index in [4.69, 9.17) is 0 Å². The Kier molecular flexibility index (Phi) is 5.40. The number of nitrogens with one attached hydrogen (secondary N) is 1. The predicted octanol–water partition coefficient (Wildman–Crippen LogP) is 4.01. The van der Waals surface area contributed by atoms with Crippen molar-refractivity contribution in [2.45, 2.75) is 51.5 Å². The standard InChI is InChI=1S/C16H24N2/c1-2-11-18-16(15-10-7-12-17-13-15)14-8-5-3-4-6-9-14/h7-8,10,12-13,16,18H,2-6,9,11H2,1H3. The minimum Gasteiger partial charge on any atom is -0.306 e. The Hall–Kier alpha value is -1.15. The van der Waals surface area contributed by atoms with Gasteiger partial charge in [0.1, 0.15) is 0 Å². The number of aromatic nitrogens is 1. The van der Waals surface area contributed by atoms with Crippen molar-refractivity contribution in [2.75, 3.05) is 6.54 Å². The van der Waals surface area contributed by atoms with E-state index in [-0.39, 0.29) is 0 Å². The molecule has 0 aromatic carbocycles. The third-order valence-corrected chi connectivity index (χ3v) is 3.56. The molecule has 1 aliphatic rings. The van der Waals surface area contributed by atoms with E-state index in [9.17, 15) is 0 Å². The highest BCUT2D eigenvalue weighted by Gasteiger charge is 2.16. The highest BCUT2D eigenvalue weighted by molar-refractivity contribution is 5.26. The summed E-state index contributed by atoms with van der Waals surface area (Å²) >= 11 is 0. The third-order valence-electron chi connectivity index (χ3n) is 3.56. The number of hydrogen-bond donors (Lipinski definition) is 1. The lowest BCUT2D eigenvalue weighted by molar-refractivity contribution is 0.565. The minimum absolute atomic E-state index is 0.372. The Morgan fingerprint density at radius 3 is 3.06 bits per heavy atom. The van der Waals surface area contributed by atoms with Gasteiger partial charge in [-0.05, 0) is 50.3 Å². The van der Waals surface area contributed by atoms with E-state index in [0.29, 0.717) is 6.04 Å². The van der Waals surface area contributed by atoms with Crippen LogP contribution < -0.4 is 5.32 Å². The summed E-state index contributed by atoms with van der Waals surface area (Å²) in [7, 11) is 0. The Balaban J connectivity index is 2.16. The van der Waals surface area contributed by atoms with Crippen LogP contribution in [-0.2, 0) is 0 Å². The fourth-order valence-corrected chi connectivity index (χ4v) is 2.60. The van der Waals surface area contributed by atoms with Gasteiger partial charge in [-0.15, -0.1) is 0 Å². The fourth-order valence-electron chi connectivity index (χ4n) is 2.60. The molecule has 1 aromatic heterocycles. The van der Waals surface area contributed by atoms with Gasteiger partial charge in [-0.3, -0.25) is 4.98 Å². The van der Waals surface area contributed by atoms with Crippen molar-refractivity contribution in [3.05, 3.63) is 41.7 Å². The number of rotatable bonds is 5. The van der Waals surface area contributed by atoms with E-state index < -0.39 is 0 Å².